The van der Waals surface area contributed by atoms with Gasteiger partial charge in [0.1, 0.15) is 17.7 Å². The summed E-state index contributed by atoms with van der Waals surface area (Å²) >= 11 is 0. The van der Waals surface area contributed by atoms with Crippen molar-refractivity contribution in [2.75, 3.05) is 0 Å². The van der Waals surface area contributed by atoms with Crippen molar-refractivity contribution >= 4 is 17.8 Å². The maximum atomic E-state index is 14.0. The first kappa shape index (κ1) is 18.8. The van der Waals surface area contributed by atoms with Crippen LogP contribution in [0.3, 0.4) is 0 Å². The lowest BCUT2D eigenvalue weighted by atomic mass is 10.0. The Hall–Kier alpha value is -2.51. The predicted molar refractivity (Wildman–Crippen MR) is 84.5 cm³/mol. The van der Waals surface area contributed by atoms with Crippen LogP contribution in [0.4, 0.5) is 8.78 Å². The fourth-order valence-electron chi connectivity index (χ4n) is 2.76. The number of nitrogens with one attached hydrogen (secondary N) is 1. The van der Waals surface area contributed by atoms with Crippen LogP contribution in [0.25, 0.3) is 0 Å². The lowest BCUT2D eigenvalue weighted by Crippen LogP contribution is -2.46. The van der Waals surface area contributed by atoms with E-state index >= 15 is 0 Å². The van der Waals surface area contributed by atoms with E-state index in [0.717, 1.165) is 6.07 Å². The second-order valence-electron chi connectivity index (χ2n) is 6.17. The lowest BCUT2D eigenvalue weighted by molar-refractivity contribution is -0.150. The van der Waals surface area contributed by atoms with E-state index in [2.05, 4.69) is 5.32 Å². The molecule has 1 aliphatic carbocycles. The van der Waals surface area contributed by atoms with Crippen molar-refractivity contribution in [2.24, 2.45) is 0 Å². The number of rotatable bonds is 7. The first-order valence-corrected chi connectivity index (χ1v) is 7.96. The predicted octanol–water partition coefficient (Wildman–Crippen LogP) is 2.00. The third kappa shape index (κ3) is 4.74. The third-order valence-corrected chi connectivity index (χ3v) is 4.10. The van der Waals surface area contributed by atoms with Crippen molar-refractivity contribution in [2.45, 2.75) is 51.2 Å². The molecule has 0 spiro atoms. The highest BCUT2D eigenvalue weighted by Crippen LogP contribution is 2.31. The van der Waals surface area contributed by atoms with Crippen molar-refractivity contribution in [3.8, 4) is 0 Å². The average Bonchev–Trinajstić information content (AvgIpc) is 3.30. The standard InChI is InChI=1S/C17H20F2N2O4/c1-9(17(24)25)21(12-4-5-12)16(23)8-15(20-10(2)22)13-6-3-11(18)7-14(13)19/h3,6-7,9,12,15H,4-5,8H2,1-2H3,(H,20,22)(H,24,25). The molecule has 0 saturated heterocycles. The smallest absolute Gasteiger partial charge is 0.326 e. The molecule has 0 radical (unpaired) electrons. The number of aliphatic carboxylic acids is 1. The Labute approximate surface area is 143 Å². The van der Waals surface area contributed by atoms with Gasteiger partial charge in [-0.05, 0) is 25.8 Å². The summed E-state index contributed by atoms with van der Waals surface area (Å²) in [5.74, 6) is -3.76. The molecule has 1 saturated carbocycles. The van der Waals surface area contributed by atoms with E-state index in [-0.39, 0.29) is 18.0 Å². The Kier molecular flexibility index (Phi) is 5.71. The normalized spacial score (nSPS) is 16.0. The molecule has 0 heterocycles. The molecule has 8 heteroatoms. The summed E-state index contributed by atoms with van der Waals surface area (Å²) in [6.07, 6.45) is 1.11. The van der Waals surface area contributed by atoms with Gasteiger partial charge in [0.05, 0.1) is 12.5 Å². The molecular weight excluding hydrogens is 334 g/mol. The Balaban J connectivity index is 2.24. The van der Waals surface area contributed by atoms with Crippen LogP contribution in [0.2, 0.25) is 0 Å². The zero-order valence-corrected chi connectivity index (χ0v) is 14.0. The van der Waals surface area contributed by atoms with Crippen LogP contribution in [0.1, 0.15) is 44.7 Å². The molecule has 1 fully saturated rings. The third-order valence-electron chi connectivity index (χ3n) is 4.10. The van der Waals surface area contributed by atoms with Gasteiger partial charge in [-0.3, -0.25) is 9.59 Å². The summed E-state index contributed by atoms with van der Waals surface area (Å²) in [5.41, 5.74) is -0.0244. The number of hydrogen-bond acceptors (Lipinski definition) is 3. The summed E-state index contributed by atoms with van der Waals surface area (Å²) < 4.78 is 27.2. The Morgan fingerprint density at radius 3 is 2.44 bits per heavy atom. The SMILES string of the molecule is CC(=O)NC(CC(=O)N(C1CC1)C(C)C(=O)O)c1ccc(F)cc1F. The van der Waals surface area contributed by atoms with Gasteiger partial charge >= 0.3 is 5.97 Å². The first-order chi connectivity index (χ1) is 11.7. The van der Waals surface area contributed by atoms with E-state index in [1.165, 1.54) is 24.8 Å². The molecule has 1 aliphatic rings. The number of carbonyl (C=O) groups excluding carboxylic acids is 2. The van der Waals surface area contributed by atoms with Crippen LogP contribution in [-0.2, 0) is 14.4 Å². The van der Waals surface area contributed by atoms with Crippen molar-refractivity contribution in [3.05, 3.63) is 35.4 Å². The zero-order valence-electron chi connectivity index (χ0n) is 14.0. The summed E-state index contributed by atoms with van der Waals surface area (Å²) in [5, 5.41) is 11.7. The number of benzene rings is 1. The maximum absolute atomic E-state index is 14.0. The molecule has 136 valence electrons. The Morgan fingerprint density at radius 2 is 1.96 bits per heavy atom. The van der Waals surface area contributed by atoms with Crippen LogP contribution >= 0.6 is 0 Å². The minimum Gasteiger partial charge on any atom is -0.480 e. The number of carboxylic acids is 1. The molecule has 2 N–H and O–H groups in total. The summed E-state index contributed by atoms with van der Waals surface area (Å²) in [6, 6.07) is 0.697. The number of carboxylic acid groups (broad SMARTS) is 1. The van der Waals surface area contributed by atoms with E-state index in [4.69, 9.17) is 0 Å². The minimum atomic E-state index is -1.13. The molecule has 25 heavy (non-hydrogen) atoms. The molecule has 1 aromatic rings. The zero-order chi connectivity index (χ0) is 18.7. The Morgan fingerprint density at radius 1 is 1.32 bits per heavy atom. The minimum absolute atomic E-state index is 0.0244. The molecule has 2 unspecified atom stereocenters. The van der Waals surface area contributed by atoms with E-state index in [1.54, 1.807) is 0 Å². The molecule has 6 nitrogen and oxygen atoms in total. The highest BCUT2D eigenvalue weighted by molar-refractivity contribution is 5.85. The van der Waals surface area contributed by atoms with Crippen LogP contribution in [0, 0.1) is 11.6 Å². The van der Waals surface area contributed by atoms with Crippen molar-refractivity contribution in [1.82, 2.24) is 10.2 Å². The van der Waals surface area contributed by atoms with Crippen molar-refractivity contribution < 1.29 is 28.3 Å². The van der Waals surface area contributed by atoms with Gasteiger partial charge in [-0.2, -0.15) is 0 Å². The lowest BCUT2D eigenvalue weighted by Gasteiger charge is -2.29. The van der Waals surface area contributed by atoms with Crippen LogP contribution < -0.4 is 5.32 Å². The average molecular weight is 354 g/mol. The quantitative estimate of drug-likeness (QED) is 0.784. The highest BCUT2D eigenvalue weighted by atomic mass is 19.1. The van der Waals surface area contributed by atoms with E-state index in [9.17, 15) is 28.3 Å². The second-order valence-corrected chi connectivity index (χ2v) is 6.17. The number of amides is 2. The van der Waals surface area contributed by atoms with Crippen molar-refractivity contribution in [1.29, 1.82) is 0 Å². The number of halogens is 2. The molecule has 1 aromatic carbocycles. The monoisotopic (exact) mass is 354 g/mol. The molecule has 0 bridgehead atoms. The van der Waals surface area contributed by atoms with E-state index in [1.807, 2.05) is 0 Å². The second kappa shape index (κ2) is 7.58. The van der Waals surface area contributed by atoms with Crippen molar-refractivity contribution in [3.63, 3.8) is 0 Å². The first-order valence-electron chi connectivity index (χ1n) is 7.96. The van der Waals surface area contributed by atoms with Gasteiger partial charge in [0.2, 0.25) is 11.8 Å². The molecule has 2 amide bonds. The molecule has 2 atom stereocenters. The van der Waals surface area contributed by atoms with Gasteiger partial charge in [-0.25, -0.2) is 13.6 Å². The fourth-order valence-corrected chi connectivity index (χ4v) is 2.76. The van der Waals surface area contributed by atoms with Crippen LogP contribution in [0.15, 0.2) is 18.2 Å². The van der Waals surface area contributed by atoms with Crippen LogP contribution in [-0.4, -0.2) is 39.9 Å². The summed E-state index contributed by atoms with van der Waals surface area (Å²) in [4.78, 5) is 36.5. The Bertz CT molecular complexity index is 691. The molecule has 2 rings (SSSR count). The van der Waals surface area contributed by atoms with Gasteiger partial charge in [0, 0.05) is 24.6 Å². The maximum Gasteiger partial charge on any atom is 0.326 e. The molecule has 0 aromatic heterocycles. The topological polar surface area (TPSA) is 86.7 Å². The molecular formula is C17H20F2N2O4. The van der Waals surface area contributed by atoms with Gasteiger partial charge in [-0.15, -0.1) is 0 Å². The fraction of sp³-hybridized carbons (Fsp3) is 0.471. The van der Waals surface area contributed by atoms with Crippen LogP contribution in [0.5, 0.6) is 0 Å². The summed E-state index contributed by atoms with van der Waals surface area (Å²) in [6.45, 7) is 2.63. The van der Waals surface area contributed by atoms with Gasteiger partial charge in [0.25, 0.3) is 0 Å². The van der Waals surface area contributed by atoms with Gasteiger partial charge in [0.15, 0.2) is 0 Å². The summed E-state index contributed by atoms with van der Waals surface area (Å²) in [7, 11) is 0. The molecule has 0 aliphatic heterocycles. The number of carbonyl (C=O) groups is 3. The van der Waals surface area contributed by atoms with E-state index < -0.39 is 41.5 Å². The van der Waals surface area contributed by atoms with Gasteiger partial charge < -0.3 is 15.3 Å². The largest absolute Gasteiger partial charge is 0.480 e. The highest BCUT2D eigenvalue weighted by Gasteiger charge is 2.39. The number of hydrogen-bond donors (Lipinski definition) is 2. The number of nitrogens with zero attached hydrogens (tertiary/aromatic N) is 1. The van der Waals surface area contributed by atoms with Gasteiger partial charge in [-0.1, -0.05) is 6.07 Å². The van der Waals surface area contributed by atoms with E-state index in [0.29, 0.717) is 18.9 Å².